The summed E-state index contributed by atoms with van der Waals surface area (Å²) in [6.07, 6.45) is 3.01. The van der Waals surface area contributed by atoms with Gasteiger partial charge in [-0.15, -0.1) is 0 Å². The molecule has 0 fully saturated rings. The molecule has 5 heteroatoms. The summed E-state index contributed by atoms with van der Waals surface area (Å²) in [6, 6.07) is 17.1. The second-order valence-corrected chi connectivity index (χ2v) is 5.14. The second kappa shape index (κ2) is 6.79. The summed E-state index contributed by atoms with van der Waals surface area (Å²) in [7, 11) is 0. The molecule has 3 rings (SSSR count). The van der Waals surface area contributed by atoms with Crippen LogP contribution in [0.2, 0.25) is 0 Å². The Hall–Kier alpha value is -3.08. The highest BCUT2D eigenvalue weighted by molar-refractivity contribution is 5.96. The van der Waals surface area contributed by atoms with Gasteiger partial charge in [-0.05, 0) is 30.5 Å². The van der Waals surface area contributed by atoms with E-state index in [1.165, 1.54) is 6.21 Å². The van der Waals surface area contributed by atoms with Crippen LogP contribution in [0, 0.1) is 0 Å². The molecule has 0 spiro atoms. The molecule has 0 saturated carbocycles. The lowest BCUT2D eigenvalue weighted by atomic mass is 10.1. The van der Waals surface area contributed by atoms with Crippen LogP contribution in [0.25, 0.3) is 10.8 Å². The molecule has 0 bridgehead atoms. The van der Waals surface area contributed by atoms with Crippen molar-refractivity contribution in [3.05, 3.63) is 66.6 Å². The Morgan fingerprint density at radius 3 is 2.78 bits per heavy atom. The maximum absolute atomic E-state index is 12.1. The molecule has 0 saturated heterocycles. The molecule has 0 radical (unpaired) electrons. The number of hydrazone groups is 1. The summed E-state index contributed by atoms with van der Waals surface area (Å²) >= 11 is 0. The number of amides is 1. The van der Waals surface area contributed by atoms with Crippen LogP contribution < -0.4 is 10.7 Å². The van der Waals surface area contributed by atoms with Crippen LogP contribution in [-0.2, 0) is 4.79 Å². The van der Waals surface area contributed by atoms with Crippen molar-refractivity contribution in [3.63, 3.8) is 0 Å². The summed E-state index contributed by atoms with van der Waals surface area (Å²) in [5, 5.41) is 9.30. The lowest BCUT2D eigenvalue weighted by Gasteiger charge is -2.15. The van der Waals surface area contributed by atoms with Crippen LogP contribution in [0.15, 0.2) is 70.4 Å². The van der Waals surface area contributed by atoms with Gasteiger partial charge in [0.25, 0.3) is 5.91 Å². The van der Waals surface area contributed by atoms with Gasteiger partial charge in [-0.1, -0.05) is 36.4 Å². The summed E-state index contributed by atoms with van der Waals surface area (Å²) in [4.78, 5) is 12.1. The fourth-order valence-corrected chi connectivity index (χ4v) is 2.27. The van der Waals surface area contributed by atoms with E-state index in [1.807, 2.05) is 42.5 Å². The van der Waals surface area contributed by atoms with Gasteiger partial charge in [-0.25, -0.2) is 5.43 Å². The number of hydrogen-bond acceptors (Lipinski definition) is 4. The highest BCUT2D eigenvalue weighted by atomic mass is 16.3. The topological polar surface area (TPSA) is 66.6 Å². The van der Waals surface area contributed by atoms with Crippen molar-refractivity contribution in [2.75, 3.05) is 5.32 Å². The quantitative estimate of drug-likeness (QED) is 0.561. The fraction of sp³-hybridized carbons (Fsp3) is 0.111. The van der Waals surface area contributed by atoms with Crippen molar-refractivity contribution in [1.29, 1.82) is 0 Å². The zero-order valence-electron chi connectivity index (χ0n) is 12.7. The average Bonchev–Trinajstić information content (AvgIpc) is 3.08. The molecule has 23 heavy (non-hydrogen) atoms. The van der Waals surface area contributed by atoms with Crippen LogP contribution in [0.1, 0.15) is 12.7 Å². The molecular weight excluding hydrogens is 290 g/mol. The van der Waals surface area contributed by atoms with E-state index < -0.39 is 6.04 Å². The third-order valence-electron chi connectivity index (χ3n) is 3.46. The Kier molecular flexibility index (Phi) is 4.38. The van der Waals surface area contributed by atoms with Crippen molar-refractivity contribution in [3.8, 4) is 0 Å². The molecule has 5 nitrogen and oxygen atoms in total. The molecule has 116 valence electrons. The van der Waals surface area contributed by atoms with E-state index in [2.05, 4.69) is 15.8 Å². The van der Waals surface area contributed by atoms with Gasteiger partial charge in [0.05, 0.1) is 12.5 Å². The molecule has 2 aromatic carbocycles. The summed E-state index contributed by atoms with van der Waals surface area (Å²) in [5.74, 6) is 0.362. The normalized spacial score (nSPS) is 12.4. The Balaban J connectivity index is 1.65. The second-order valence-electron chi connectivity index (χ2n) is 5.14. The van der Waals surface area contributed by atoms with E-state index in [4.69, 9.17) is 4.42 Å². The van der Waals surface area contributed by atoms with Gasteiger partial charge in [0.15, 0.2) is 0 Å². The predicted molar refractivity (Wildman–Crippen MR) is 91.5 cm³/mol. The first-order chi connectivity index (χ1) is 11.2. The molecule has 0 aliphatic heterocycles. The molecule has 1 aromatic heterocycles. The van der Waals surface area contributed by atoms with Crippen molar-refractivity contribution < 1.29 is 9.21 Å². The highest BCUT2D eigenvalue weighted by Crippen LogP contribution is 2.23. The zero-order valence-corrected chi connectivity index (χ0v) is 12.7. The van der Waals surface area contributed by atoms with Gasteiger partial charge in [0.2, 0.25) is 0 Å². The standard InChI is InChI=1S/C18H17N3O2/c1-13(18(22)21-19-12-15-8-5-11-23-15)20-17-10-4-7-14-6-2-3-9-16(14)17/h2-13,20H,1H3,(H,21,22). The van der Waals surface area contributed by atoms with Gasteiger partial charge in [-0.3, -0.25) is 4.79 Å². The summed E-state index contributed by atoms with van der Waals surface area (Å²) < 4.78 is 5.10. The number of fused-ring (bicyclic) bond motifs is 1. The number of rotatable bonds is 5. The molecule has 1 heterocycles. The zero-order chi connectivity index (χ0) is 16.1. The van der Waals surface area contributed by atoms with Crippen LogP contribution in [0.3, 0.4) is 0 Å². The smallest absolute Gasteiger partial charge is 0.262 e. The van der Waals surface area contributed by atoms with E-state index in [0.29, 0.717) is 5.76 Å². The Labute approximate surface area is 134 Å². The number of carbonyl (C=O) groups is 1. The minimum absolute atomic E-state index is 0.222. The highest BCUT2D eigenvalue weighted by Gasteiger charge is 2.12. The molecule has 0 aliphatic rings. The van der Waals surface area contributed by atoms with Crippen LogP contribution in [0.4, 0.5) is 5.69 Å². The van der Waals surface area contributed by atoms with E-state index in [-0.39, 0.29) is 5.91 Å². The first-order valence-corrected chi connectivity index (χ1v) is 7.35. The Morgan fingerprint density at radius 1 is 1.13 bits per heavy atom. The van der Waals surface area contributed by atoms with Crippen LogP contribution in [0.5, 0.6) is 0 Å². The van der Waals surface area contributed by atoms with Crippen LogP contribution >= 0.6 is 0 Å². The molecule has 2 N–H and O–H groups in total. The number of hydrogen-bond donors (Lipinski definition) is 2. The molecule has 1 unspecified atom stereocenters. The third-order valence-corrected chi connectivity index (χ3v) is 3.46. The third kappa shape index (κ3) is 3.58. The van der Waals surface area contributed by atoms with Gasteiger partial charge in [-0.2, -0.15) is 5.10 Å². The molecule has 1 amide bonds. The lowest BCUT2D eigenvalue weighted by Crippen LogP contribution is -2.34. The maximum atomic E-state index is 12.1. The Bertz CT molecular complexity index is 820. The van der Waals surface area contributed by atoms with Gasteiger partial charge < -0.3 is 9.73 Å². The number of nitrogens with one attached hydrogen (secondary N) is 2. The van der Waals surface area contributed by atoms with Gasteiger partial charge in [0, 0.05) is 11.1 Å². The minimum Gasteiger partial charge on any atom is -0.463 e. The molecule has 3 aromatic rings. The van der Waals surface area contributed by atoms with Gasteiger partial charge in [0.1, 0.15) is 11.8 Å². The number of carbonyl (C=O) groups excluding carboxylic acids is 1. The van der Waals surface area contributed by atoms with Crippen molar-refractivity contribution in [2.24, 2.45) is 5.10 Å². The average molecular weight is 307 g/mol. The number of benzene rings is 2. The number of nitrogens with zero attached hydrogens (tertiary/aromatic N) is 1. The lowest BCUT2D eigenvalue weighted by molar-refractivity contribution is -0.121. The maximum Gasteiger partial charge on any atom is 0.262 e. The van der Waals surface area contributed by atoms with Crippen molar-refractivity contribution in [1.82, 2.24) is 5.43 Å². The Morgan fingerprint density at radius 2 is 1.96 bits per heavy atom. The minimum atomic E-state index is -0.422. The molecule has 1 atom stereocenters. The number of anilines is 1. The number of furan rings is 1. The van der Waals surface area contributed by atoms with Gasteiger partial charge >= 0.3 is 0 Å². The largest absolute Gasteiger partial charge is 0.463 e. The van der Waals surface area contributed by atoms with E-state index >= 15 is 0 Å². The van der Waals surface area contributed by atoms with E-state index in [1.54, 1.807) is 25.3 Å². The predicted octanol–water partition coefficient (Wildman–Crippen LogP) is 3.38. The molecular formula is C18H17N3O2. The van der Waals surface area contributed by atoms with Crippen molar-refractivity contribution >= 4 is 28.6 Å². The van der Waals surface area contributed by atoms with Crippen molar-refractivity contribution in [2.45, 2.75) is 13.0 Å². The first-order valence-electron chi connectivity index (χ1n) is 7.35. The van der Waals surface area contributed by atoms with Crippen LogP contribution in [-0.4, -0.2) is 18.2 Å². The summed E-state index contributed by atoms with van der Waals surface area (Å²) in [5.41, 5.74) is 3.41. The molecule has 0 aliphatic carbocycles. The monoisotopic (exact) mass is 307 g/mol. The van der Waals surface area contributed by atoms with E-state index in [0.717, 1.165) is 16.5 Å². The SMILES string of the molecule is CC(Nc1cccc2ccccc12)C(=O)NN=Cc1ccco1. The fourth-order valence-electron chi connectivity index (χ4n) is 2.27. The van der Waals surface area contributed by atoms with E-state index in [9.17, 15) is 4.79 Å². The summed E-state index contributed by atoms with van der Waals surface area (Å²) in [6.45, 7) is 1.79. The first kappa shape index (κ1) is 14.8.